The number of nitrogens with zero attached hydrogens (tertiary/aromatic N) is 2. The van der Waals surface area contributed by atoms with Crippen LogP contribution in [-0.2, 0) is 10.0 Å². The first-order valence-corrected chi connectivity index (χ1v) is 14.1. The Morgan fingerprint density at radius 3 is 2.56 bits per heavy atom. The van der Waals surface area contributed by atoms with E-state index in [1.54, 1.807) is 42.6 Å². The molecule has 1 aromatic heterocycles. The molecule has 5 rings (SSSR count). The van der Waals surface area contributed by atoms with Crippen LogP contribution < -0.4 is 10.1 Å². The Kier molecular flexibility index (Phi) is 5.98. The van der Waals surface area contributed by atoms with Crippen LogP contribution in [0.1, 0.15) is 0 Å². The van der Waals surface area contributed by atoms with E-state index in [4.69, 9.17) is 4.74 Å². The molecule has 3 aromatic rings. The molecule has 0 unspecified atom stereocenters. The van der Waals surface area contributed by atoms with E-state index in [1.165, 1.54) is 16.4 Å². The summed E-state index contributed by atoms with van der Waals surface area (Å²) < 4.78 is 68.4. The Balaban J connectivity index is 1.48. The zero-order chi connectivity index (χ0) is 23.9. The smallest absolute Gasteiger partial charge is 0.243 e. The summed E-state index contributed by atoms with van der Waals surface area (Å²) in [5, 5.41) is 3.12. The minimum absolute atomic E-state index is 0.00572. The molecule has 180 valence electrons. The molecule has 0 aliphatic carbocycles. The summed E-state index contributed by atoms with van der Waals surface area (Å²) in [6.45, 7) is 1.20. The van der Waals surface area contributed by atoms with Gasteiger partial charge in [0.05, 0.1) is 22.9 Å². The number of ether oxygens (including phenoxy) is 1. The molecule has 0 amide bonds. The van der Waals surface area contributed by atoms with E-state index in [0.29, 0.717) is 47.0 Å². The highest BCUT2D eigenvalue weighted by molar-refractivity contribution is 8.24. The van der Waals surface area contributed by atoms with Gasteiger partial charge in [0.1, 0.15) is 12.4 Å². The van der Waals surface area contributed by atoms with Crippen molar-refractivity contribution in [1.82, 2.24) is 9.29 Å². The predicted octanol–water partition coefficient (Wildman–Crippen LogP) is 4.11. The average molecular weight is 506 g/mol. The van der Waals surface area contributed by atoms with Crippen LogP contribution in [0.5, 0.6) is 5.75 Å². The van der Waals surface area contributed by atoms with Crippen LogP contribution in [0.3, 0.4) is 0 Å². The summed E-state index contributed by atoms with van der Waals surface area (Å²) in [5.74, 6) is 0.673. The first-order chi connectivity index (χ1) is 16.2. The van der Waals surface area contributed by atoms with Gasteiger partial charge < -0.3 is 10.1 Å². The van der Waals surface area contributed by atoms with Gasteiger partial charge in [-0.05, 0) is 23.8 Å². The fraction of sp³-hybridized carbons (Fsp3) is 0.261. The maximum absolute atomic E-state index is 15.2. The second kappa shape index (κ2) is 8.82. The highest BCUT2D eigenvalue weighted by Gasteiger charge is 2.33. The van der Waals surface area contributed by atoms with Crippen LogP contribution in [0.2, 0.25) is 0 Å². The van der Waals surface area contributed by atoms with Crippen LogP contribution >= 0.6 is 10.6 Å². The largest absolute Gasteiger partial charge is 0.488 e. The van der Waals surface area contributed by atoms with Crippen molar-refractivity contribution in [3.63, 3.8) is 0 Å². The highest BCUT2D eigenvalue weighted by atomic mass is 32.3. The molecule has 3 heterocycles. The lowest BCUT2D eigenvalue weighted by atomic mass is 10.0. The van der Waals surface area contributed by atoms with Gasteiger partial charge in [-0.15, -0.1) is 0 Å². The summed E-state index contributed by atoms with van der Waals surface area (Å²) in [4.78, 5) is 4.36. The fourth-order valence-electron chi connectivity index (χ4n) is 4.10. The number of halogens is 1. The van der Waals surface area contributed by atoms with Gasteiger partial charge in [-0.25, -0.2) is 17.8 Å². The van der Waals surface area contributed by atoms with E-state index >= 15 is 4.39 Å². The summed E-state index contributed by atoms with van der Waals surface area (Å²) in [6.07, 6.45) is 1.57. The molecule has 0 bridgehead atoms. The number of rotatable bonds is 4. The number of anilines is 1. The SMILES string of the molecule is O=S(=O)(c1ccccc1-c1ccc(-c2cnc3c(c2)OCCN3)c(F)c1)N1CCS(O)(O)CC1. The zero-order valence-electron chi connectivity index (χ0n) is 18.1. The monoisotopic (exact) mass is 505 g/mol. The lowest BCUT2D eigenvalue weighted by Crippen LogP contribution is -2.42. The Hall–Kier alpha value is -2.70. The number of aromatic nitrogens is 1. The number of benzene rings is 2. The predicted molar refractivity (Wildman–Crippen MR) is 130 cm³/mol. The van der Waals surface area contributed by atoms with E-state index in [9.17, 15) is 17.5 Å². The van der Waals surface area contributed by atoms with Crippen molar-refractivity contribution in [2.45, 2.75) is 4.90 Å². The van der Waals surface area contributed by atoms with Crippen LogP contribution in [0.25, 0.3) is 22.3 Å². The number of nitrogens with one attached hydrogen (secondary N) is 1. The quantitative estimate of drug-likeness (QED) is 0.489. The lowest BCUT2D eigenvalue weighted by molar-refractivity contribution is 0.321. The topological polar surface area (TPSA) is 112 Å². The molecule has 0 spiro atoms. The summed E-state index contributed by atoms with van der Waals surface area (Å²) >= 11 is 0. The van der Waals surface area contributed by atoms with Gasteiger partial charge in [-0.1, -0.05) is 30.3 Å². The highest BCUT2D eigenvalue weighted by Crippen LogP contribution is 2.42. The maximum atomic E-state index is 15.2. The third kappa shape index (κ3) is 4.37. The van der Waals surface area contributed by atoms with E-state index in [-0.39, 0.29) is 29.5 Å². The fourth-order valence-corrected chi connectivity index (χ4v) is 7.22. The third-order valence-electron chi connectivity index (χ3n) is 5.94. The standard InChI is InChI=1S/C23H24FN3O5S2/c24-20-13-16(5-6-18(20)17-14-21-23(26-15-17)25-7-10-32-21)19-3-1-2-4-22(19)34(30,31)27-8-11-33(28,29)12-9-27/h1-6,13-15,28-29H,7-12H2,(H,25,26). The summed E-state index contributed by atoms with van der Waals surface area (Å²) in [7, 11) is -6.64. The summed E-state index contributed by atoms with van der Waals surface area (Å²) in [5.41, 5.74) is 1.68. The Labute approximate surface area is 198 Å². The number of fused-ring (bicyclic) bond motifs is 1. The Morgan fingerprint density at radius 1 is 1.03 bits per heavy atom. The normalized spacial score (nSPS) is 18.9. The summed E-state index contributed by atoms with van der Waals surface area (Å²) in [6, 6.07) is 12.8. The van der Waals surface area contributed by atoms with Crippen LogP contribution in [0.15, 0.2) is 59.6 Å². The van der Waals surface area contributed by atoms with Gasteiger partial charge in [0.2, 0.25) is 10.0 Å². The Morgan fingerprint density at radius 2 is 1.79 bits per heavy atom. The molecular weight excluding hydrogens is 481 g/mol. The van der Waals surface area contributed by atoms with Crippen molar-refractivity contribution in [2.24, 2.45) is 0 Å². The van der Waals surface area contributed by atoms with Crippen molar-refractivity contribution in [1.29, 1.82) is 0 Å². The number of hydrogen-bond donors (Lipinski definition) is 3. The van der Waals surface area contributed by atoms with E-state index < -0.39 is 26.4 Å². The molecule has 0 atom stereocenters. The molecule has 3 N–H and O–H groups in total. The molecule has 11 heteroatoms. The van der Waals surface area contributed by atoms with E-state index in [1.807, 2.05) is 0 Å². The molecule has 1 fully saturated rings. The third-order valence-corrected chi connectivity index (χ3v) is 9.57. The second-order valence-electron chi connectivity index (χ2n) is 8.15. The minimum atomic E-state index is -3.91. The zero-order valence-corrected chi connectivity index (χ0v) is 19.8. The number of sulfonamides is 1. The van der Waals surface area contributed by atoms with Gasteiger partial charge >= 0.3 is 0 Å². The van der Waals surface area contributed by atoms with Gasteiger partial charge in [0, 0.05) is 36.0 Å². The maximum Gasteiger partial charge on any atom is 0.243 e. The van der Waals surface area contributed by atoms with Crippen molar-refractivity contribution in [3.8, 4) is 28.0 Å². The number of hydrogen-bond acceptors (Lipinski definition) is 7. The van der Waals surface area contributed by atoms with Crippen molar-refractivity contribution in [2.75, 3.05) is 43.1 Å². The molecule has 0 radical (unpaired) electrons. The molecule has 8 nitrogen and oxygen atoms in total. The molecule has 0 saturated carbocycles. The van der Waals surface area contributed by atoms with Gasteiger partial charge in [0.25, 0.3) is 0 Å². The Bertz CT molecular complexity index is 1340. The molecule has 2 aliphatic rings. The lowest BCUT2D eigenvalue weighted by Gasteiger charge is -2.40. The minimum Gasteiger partial charge on any atom is -0.488 e. The van der Waals surface area contributed by atoms with Crippen molar-refractivity contribution < 1.29 is 26.7 Å². The van der Waals surface area contributed by atoms with E-state index in [0.717, 1.165) is 0 Å². The number of pyridine rings is 1. The van der Waals surface area contributed by atoms with Crippen LogP contribution in [-0.4, -0.2) is 64.6 Å². The van der Waals surface area contributed by atoms with Crippen molar-refractivity contribution >= 4 is 26.4 Å². The first kappa shape index (κ1) is 23.1. The van der Waals surface area contributed by atoms with Gasteiger partial charge in [-0.3, -0.25) is 9.11 Å². The molecule has 1 saturated heterocycles. The first-order valence-electron chi connectivity index (χ1n) is 10.7. The second-order valence-corrected chi connectivity index (χ2v) is 12.5. The molecule has 2 aromatic carbocycles. The van der Waals surface area contributed by atoms with Crippen LogP contribution in [0.4, 0.5) is 10.2 Å². The molecule has 34 heavy (non-hydrogen) atoms. The van der Waals surface area contributed by atoms with Gasteiger partial charge in [0.15, 0.2) is 11.6 Å². The van der Waals surface area contributed by atoms with E-state index in [2.05, 4.69) is 10.3 Å². The van der Waals surface area contributed by atoms with Gasteiger partial charge in [-0.2, -0.15) is 14.9 Å². The molecule has 2 aliphatic heterocycles. The molecular formula is C23H24FN3O5S2. The average Bonchev–Trinajstić information content (AvgIpc) is 2.83. The van der Waals surface area contributed by atoms with Crippen molar-refractivity contribution in [3.05, 3.63) is 60.5 Å². The van der Waals surface area contributed by atoms with Crippen LogP contribution in [0, 0.1) is 5.82 Å².